The van der Waals surface area contributed by atoms with Crippen molar-refractivity contribution in [3.05, 3.63) is 93.0 Å². The molecule has 0 aliphatic carbocycles. The van der Waals surface area contributed by atoms with Crippen LogP contribution in [-0.2, 0) is 11.4 Å². The molecule has 156 valence electrons. The van der Waals surface area contributed by atoms with Gasteiger partial charge in [0.2, 0.25) is 0 Å². The number of hydrogen-bond acceptors (Lipinski definition) is 4. The van der Waals surface area contributed by atoms with Crippen LogP contribution < -0.4 is 10.1 Å². The summed E-state index contributed by atoms with van der Waals surface area (Å²) in [7, 11) is 0. The summed E-state index contributed by atoms with van der Waals surface area (Å²) in [4.78, 5) is 12.6. The van der Waals surface area contributed by atoms with E-state index < -0.39 is 5.91 Å². The van der Waals surface area contributed by atoms with Crippen molar-refractivity contribution in [2.24, 2.45) is 0 Å². The van der Waals surface area contributed by atoms with Gasteiger partial charge in [-0.05, 0) is 68.0 Å². The predicted octanol–water partition coefficient (Wildman–Crippen LogP) is 5.90. The smallest absolute Gasteiger partial charge is 0.266 e. The van der Waals surface area contributed by atoms with E-state index in [1.54, 1.807) is 24.3 Å². The maximum atomic E-state index is 12.6. The first-order valence-corrected chi connectivity index (χ1v) is 10.3. The SMILES string of the molecule is Cc1cc(C)cc(COc2ccc(Br)cc2/C=C(\C#N)C(=O)Nc2ccc(O)cc2)c1. The Morgan fingerprint density at radius 1 is 1.10 bits per heavy atom. The standard InChI is InChI=1S/C25H21BrN2O3/c1-16-9-17(2)11-18(10-16)15-31-24-8-3-21(26)13-19(24)12-20(14-27)25(30)28-22-4-6-23(29)7-5-22/h3-13,29H,15H2,1-2H3,(H,28,30)/b20-12+. The number of nitrogens with zero attached hydrogens (tertiary/aromatic N) is 1. The topological polar surface area (TPSA) is 82.3 Å². The molecule has 0 unspecified atom stereocenters. The van der Waals surface area contributed by atoms with Crippen molar-refractivity contribution in [1.29, 1.82) is 5.26 Å². The van der Waals surface area contributed by atoms with Crippen molar-refractivity contribution in [1.82, 2.24) is 0 Å². The number of ether oxygens (including phenoxy) is 1. The number of carbonyl (C=O) groups is 1. The zero-order valence-corrected chi connectivity index (χ0v) is 18.7. The molecule has 3 aromatic carbocycles. The monoisotopic (exact) mass is 476 g/mol. The number of amides is 1. The number of nitriles is 1. The molecule has 31 heavy (non-hydrogen) atoms. The molecule has 0 spiro atoms. The third-order valence-corrected chi connectivity index (χ3v) is 4.93. The van der Waals surface area contributed by atoms with Gasteiger partial charge in [0, 0.05) is 15.7 Å². The van der Waals surface area contributed by atoms with Crippen molar-refractivity contribution < 1.29 is 14.6 Å². The number of aryl methyl sites for hydroxylation is 2. The molecule has 0 aliphatic heterocycles. The molecule has 6 heteroatoms. The van der Waals surface area contributed by atoms with Crippen molar-refractivity contribution in [2.45, 2.75) is 20.5 Å². The number of hydrogen-bond donors (Lipinski definition) is 2. The third-order valence-electron chi connectivity index (χ3n) is 4.44. The number of nitrogens with one attached hydrogen (secondary N) is 1. The molecule has 0 bridgehead atoms. The summed E-state index contributed by atoms with van der Waals surface area (Å²) in [5.41, 5.74) is 4.38. The molecule has 2 N–H and O–H groups in total. The number of anilines is 1. The first-order valence-electron chi connectivity index (χ1n) is 9.56. The second kappa shape index (κ2) is 9.96. The van der Waals surface area contributed by atoms with Crippen molar-refractivity contribution >= 4 is 33.6 Å². The fourth-order valence-corrected chi connectivity index (χ4v) is 3.50. The minimum atomic E-state index is -0.548. The second-order valence-corrected chi connectivity index (χ2v) is 8.05. The van der Waals surface area contributed by atoms with Crippen LogP contribution in [0.2, 0.25) is 0 Å². The van der Waals surface area contributed by atoms with Gasteiger partial charge in [0.1, 0.15) is 29.7 Å². The minimum absolute atomic E-state index is 0.0672. The Hall–Kier alpha value is -3.56. The van der Waals surface area contributed by atoms with Gasteiger partial charge < -0.3 is 15.2 Å². The molecule has 0 aromatic heterocycles. The van der Waals surface area contributed by atoms with Crippen molar-refractivity contribution in [3.63, 3.8) is 0 Å². The van der Waals surface area contributed by atoms with Crippen LogP contribution in [0.5, 0.6) is 11.5 Å². The Morgan fingerprint density at radius 3 is 2.42 bits per heavy atom. The van der Waals surface area contributed by atoms with Gasteiger partial charge in [-0.1, -0.05) is 45.3 Å². The van der Waals surface area contributed by atoms with Gasteiger partial charge in [-0.2, -0.15) is 5.26 Å². The van der Waals surface area contributed by atoms with Gasteiger partial charge >= 0.3 is 0 Å². The fourth-order valence-electron chi connectivity index (χ4n) is 3.12. The molecule has 0 saturated heterocycles. The van der Waals surface area contributed by atoms with Crippen LogP contribution in [0, 0.1) is 25.2 Å². The molecule has 3 rings (SSSR count). The summed E-state index contributed by atoms with van der Waals surface area (Å²) < 4.78 is 6.81. The highest BCUT2D eigenvalue weighted by atomic mass is 79.9. The lowest BCUT2D eigenvalue weighted by Gasteiger charge is -2.12. The number of benzene rings is 3. The Morgan fingerprint density at radius 2 is 1.77 bits per heavy atom. The van der Waals surface area contributed by atoms with Crippen LogP contribution in [-0.4, -0.2) is 11.0 Å². The minimum Gasteiger partial charge on any atom is -0.508 e. The largest absolute Gasteiger partial charge is 0.508 e. The van der Waals surface area contributed by atoms with Crippen LogP contribution in [0.25, 0.3) is 6.08 Å². The molecule has 0 saturated carbocycles. The maximum Gasteiger partial charge on any atom is 0.266 e. The Labute approximate surface area is 189 Å². The van der Waals surface area contributed by atoms with Crippen molar-refractivity contribution in [2.75, 3.05) is 5.32 Å². The first kappa shape index (κ1) is 22.1. The van der Waals surface area contributed by atoms with E-state index >= 15 is 0 Å². The van der Waals surface area contributed by atoms with Crippen LogP contribution in [0.15, 0.2) is 70.7 Å². The van der Waals surface area contributed by atoms with Gasteiger partial charge in [0.05, 0.1) is 0 Å². The normalized spacial score (nSPS) is 11.0. The predicted molar refractivity (Wildman–Crippen MR) is 125 cm³/mol. The molecule has 0 aliphatic rings. The van der Waals surface area contributed by atoms with Gasteiger partial charge in [0.15, 0.2) is 0 Å². The summed E-state index contributed by atoms with van der Waals surface area (Å²) in [5.74, 6) is 0.106. The average Bonchev–Trinajstić information content (AvgIpc) is 2.72. The second-order valence-electron chi connectivity index (χ2n) is 7.14. The van der Waals surface area contributed by atoms with Crippen LogP contribution in [0.3, 0.4) is 0 Å². The van der Waals surface area contributed by atoms with Gasteiger partial charge in [-0.15, -0.1) is 0 Å². The van der Waals surface area contributed by atoms with E-state index in [-0.39, 0.29) is 11.3 Å². The van der Waals surface area contributed by atoms with E-state index in [2.05, 4.69) is 39.4 Å². The molecular formula is C25H21BrN2O3. The first-order chi connectivity index (χ1) is 14.8. The molecule has 3 aromatic rings. The number of halogens is 1. The highest BCUT2D eigenvalue weighted by Crippen LogP contribution is 2.27. The Bertz CT molecular complexity index is 1160. The summed E-state index contributed by atoms with van der Waals surface area (Å²) in [5, 5.41) is 21.6. The molecule has 0 fully saturated rings. The highest BCUT2D eigenvalue weighted by Gasteiger charge is 2.12. The molecule has 1 amide bonds. The van der Waals surface area contributed by atoms with Crippen LogP contribution in [0.1, 0.15) is 22.3 Å². The van der Waals surface area contributed by atoms with E-state index in [0.717, 1.165) is 21.2 Å². The summed E-state index contributed by atoms with van der Waals surface area (Å²) >= 11 is 3.43. The summed E-state index contributed by atoms with van der Waals surface area (Å²) in [6, 6.07) is 19.6. The van der Waals surface area contributed by atoms with E-state index in [1.165, 1.54) is 18.2 Å². The number of phenols is 1. The molecule has 0 heterocycles. The van der Waals surface area contributed by atoms with E-state index in [9.17, 15) is 15.2 Å². The average molecular weight is 477 g/mol. The lowest BCUT2D eigenvalue weighted by Crippen LogP contribution is -2.13. The lowest BCUT2D eigenvalue weighted by atomic mass is 10.1. The molecule has 0 radical (unpaired) electrons. The van der Waals surface area contributed by atoms with E-state index in [0.29, 0.717) is 23.6 Å². The quantitative estimate of drug-likeness (QED) is 0.263. The molecular weight excluding hydrogens is 456 g/mol. The summed E-state index contributed by atoms with van der Waals surface area (Å²) in [6.45, 7) is 4.44. The lowest BCUT2D eigenvalue weighted by molar-refractivity contribution is -0.112. The number of carbonyl (C=O) groups excluding carboxylic acids is 1. The van der Waals surface area contributed by atoms with Crippen molar-refractivity contribution in [3.8, 4) is 17.6 Å². The van der Waals surface area contributed by atoms with Gasteiger partial charge in [-0.3, -0.25) is 4.79 Å². The van der Waals surface area contributed by atoms with Gasteiger partial charge in [-0.25, -0.2) is 0 Å². The maximum absolute atomic E-state index is 12.6. The fraction of sp³-hybridized carbons (Fsp3) is 0.120. The molecule has 0 atom stereocenters. The van der Waals surface area contributed by atoms with Crippen LogP contribution in [0.4, 0.5) is 5.69 Å². The van der Waals surface area contributed by atoms with E-state index in [1.807, 2.05) is 26.0 Å². The number of phenolic OH excluding ortho intramolecular Hbond substituents is 1. The number of rotatable bonds is 6. The zero-order chi connectivity index (χ0) is 22.4. The zero-order valence-electron chi connectivity index (χ0n) is 17.1. The van der Waals surface area contributed by atoms with E-state index in [4.69, 9.17) is 4.74 Å². The van der Waals surface area contributed by atoms with Crippen LogP contribution >= 0.6 is 15.9 Å². The summed E-state index contributed by atoms with van der Waals surface area (Å²) in [6.07, 6.45) is 1.50. The molecule has 5 nitrogen and oxygen atoms in total. The Kier molecular flexibility index (Phi) is 7.11. The Balaban J connectivity index is 1.83. The van der Waals surface area contributed by atoms with Gasteiger partial charge in [0.25, 0.3) is 5.91 Å². The number of aromatic hydroxyl groups is 1. The third kappa shape index (κ3) is 6.21. The highest BCUT2D eigenvalue weighted by molar-refractivity contribution is 9.10.